The van der Waals surface area contributed by atoms with Gasteiger partial charge in [0.15, 0.2) is 0 Å². The molecule has 1 amide bonds. The van der Waals surface area contributed by atoms with E-state index in [9.17, 15) is 9.59 Å². The number of pyridine rings is 1. The highest BCUT2D eigenvalue weighted by Crippen LogP contribution is 2.19. The van der Waals surface area contributed by atoms with Crippen LogP contribution in [0, 0.1) is 0 Å². The van der Waals surface area contributed by atoms with Crippen LogP contribution in [0.3, 0.4) is 0 Å². The Morgan fingerprint density at radius 1 is 0.970 bits per heavy atom. The number of amides is 1. The van der Waals surface area contributed by atoms with Crippen molar-refractivity contribution in [3.8, 4) is 0 Å². The van der Waals surface area contributed by atoms with Crippen LogP contribution in [0.25, 0.3) is 10.9 Å². The molecule has 0 spiro atoms. The molecule has 4 aromatic rings. The lowest BCUT2D eigenvalue weighted by Gasteiger charge is -2.16. The summed E-state index contributed by atoms with van der Waals surface area (Å²) in [6, 6.07) is 18.7. The smallest absolute Gasteiger partial charge is 0.308 e. The van der Waals surface area contributed by atoms with Crippen LogP contribution >= 0.6 is 0 Å². The number of anilines is 2. The van der Waals surface area contributed by atoms with Crippen LogP contribution in [-0.4, -0.2) is 46.0 Å². The molecule has 2 heterocycles. The van der Waals surface area contributed by atoms with Gasteiger partial charge in [0.25, 0.3) is 5.91 Å². The number of aliphatic carboxylic acids is 1. The summed E-state index contributed by atoms with van der Waals surface area (Å²) in [5, 5.41) is 12.9. The van der Waals surface area contributed by atoms with E-state index in [1.165, 1.54) is 0 Å². The minimum Gasteiger partial charge on any atom is -0.481 e. The van der Waals surface area contributed by atoms with Crippen LogP contribution in [0.15, 0.2) is 66.9 Å². The van der Waals surface area contributed by atoms with E-state index in [0.717, 1.165) is 16.5 Å². The van der Waals surface area contributed by atoms with Gasteiger partial charge in [-0.1, -0.05) is 36.4 Å². The first kappa shape index (κ1) is 21.9. The lowest BCUT2D eigenvalue weighted by atomic mass is 10.1. The van der Waals surface area contributed by atoms with Crippen molar-refractivity contribution < 1.29 is 14.7 Å². The van der Waals surface area contributed by atoms with Gasteiger partial charge in [-0.25, -0.2) is 15.0 Å². The van der Waals surface area contributed by atoms with Gasteiger partial charge in [-0.2, -0.15) is 0 Å². The molecule has 0 saturated heterocycles. The molecule has 4 rings (SSSR count). The average molecular weight is 441 g/mol. The molecule has 166 valence electrons. The molecular formula is C25H23N5O3. The van der Waals surface area contributed by atoms with Crippen molar-refractivity contribution in [2.45, 2.75) is 12.8 Å². The van der Waals surface area contributed by atoms with E-state index in [1.54, 1.807) is 17.2 Å². The quantitative estimate of drug-likeness (QED) is 0.451. The van der Waals surface area contributed by atoms with Gasteiger partial charge in [-0.15, -0.1) is 0 Å². The highest BCUT2D eigenvalue weighted by molar-refractivity contribution is 6.04. The zero-order chi connectivity index (χ0) is 23.4. The molecule has 8 nitrogen and oxygen atoms in total. The molecule has 0 aliphatic rings. The Balaban J connectivity index is 1.45. The molecule has 2 aromatic carbocycles. The lowest BCUT2D eigenvalue weighted by Crippen LogP contribution is -2.17. The molecule has 0 aliphatic carbocycles. The number of fused-ring (bicyclic) bond motifs is 1. The number of carbonyl (C=O) groups excluding carboxylic acids is 1. The lowest BCUT2D eigenvalue weighted by molar-refractivity contribution is -0.136. The van der Waals surface area contributed by atoms with Crippen molar-refractivity contribution in [2.75, 3.05) is 24.3 Å². The Hall–Kier alpha value is -4.33. The molecule has 0 radical (unpaired) electrons. The fourth-order valence-electron chi connectivity index (χ4n) is 3.47. The minimum absolute atomic E-state index is 0.131. The fourth-order valence-corrected chi connectivity index (χ4v) is 3.47. The summed E-state index contributed by atoms with van der Waals surface area (Å²) in [6.07, 6.45) is 1.92. The maximum atomic E-state index is 12.6. The molecule has 2 N–H and O–H groups in total. The normalized spacial score (nSPS) is 10.7. The van der Waals surface area contributed by atoms with Gasteiger partial charge >= 0.3 is 5.97 Å². The fraction of sp³-hybridized carbons (Fsp3) is 0.160. The second-order valence-electron chi connectivity index (χ2n) is 7.82. The Morgan fingerprint density at radius 2 is 1.73 bits per heavy atom. The largest absolute Gasteiger partial charge is 0.481 e. The number of aromatic nitrogens is 3. The molecule has 0 saturated carbocycles. The molecule has 8 heteroatoms. The van der Waals surface area contributed by atoms with Crippen LogP contribution < -0.4 is 10.2 Å². The van der Waals surface area contributed by atoms with Gasteiger partial charge in [0.05, 0.1) is 11.9 Å². The monoisotopic (exact) mass is 441 g/mol. The number of nitrogens with one attached hydrogen (secondary N) is 1. The maximum Gasteiger partial charge on any atom is 0.308 e. The second kappa shape index (κ2) is 9.44. The van der Waals surface area contributed by atoms with E-state index in [4.69, 9.17) is 5.11 Å². The number of hydrogen-bond acceptors (Lipinski definition) is 6. The van der Waals surface area contributed by atoms with Gasteiger partial charge in [-0.05, 0) is 29.8 Å². The van der Waals surface area contributed by atoms with Gasteiger partial charge < -0.3 is 15.3 Å². The topological polar surface area (TPSA) is 108 Å². The molecule has 2 aromatic heterocycles. The number of hydrogen-bond donors (Lipinski definition) is 2. The number of carbonyl (C=O) groups is 2. The van der Waals surface area contributed by atoms with Gasteiger partial charge in [0, 0.05) is 43.4 Å². The molecule has 0 bridgehead atoms. The van der Waals surface area contributed by atoms with E-state index in [1.807, 2.05) is 68.7 Å². The highest BCUT2D eigenvalue weighted by Gasteiger charge is 2.13. The number of para-hydroxylation sites is 1. The molecule has 0 fully saturated rings. The average Bonchev–Trinajstić information content (AvgIpc) is 2.80. The zero-order valence-corrected chi connectivity index (χ0v) is 18.3. The van der Waals surface area contributed by atoms with E-state index < -0.39 is 5.97 Å². The third kappa shape index (κ3) is 5.30. The SMILES string of the molecule is CN(C)c1nc(Cc2ccc(NC(=O)c3ccc4ccccc4n3)cc2)ncc1CC(=O)O. The first-order chi connectivity index (χ1) is 15.9. The van der Waals surface area contributed by atoms with Crippen LogP contribution in [0.1, 0.15) is 27.4 Å². The van der Waals surface area contributed by atoms with Crippen LogP contribution in [0.5, 0.6) is 0 Å². The molecule has 0 unspecified atom stereocenters. The number of rotatable bonds is 7. The van der Waals surface area contributed by atoms with Gasteiger partial charge in [0.2, 0.25) is 0 Å². The van der Waals surface area contributed by atoms with Crippen LogP contribution in [0.4, 0.5) is 11.5 Å². The maximum absolute atomic E-state index is 12.6. The standard InChI is InChI=1S/C25H23N5O3/c1-30(2)24-18(14-23(31)32)15-26-22(29-24)13-16-7-10-19(11-8-16)27-25(33)21-12-9-17-5-3-4-6-20(17)28-21/h3-12,15H,13-14H2,1-2H3,(H,27,33)(H,31,32). The Morgan fingerprint density at radius 3 is 2.45 bits per heavy atom. The second-order valence-corrected chi connectivity index (χ2v) is 7.82. The molecule has 0 aliphatic heterocycles. The Kier molecular flexibility index (Phi) is 6.26. The van der Waals surface area contributed by atoms with E-state index >= 15 is 0 Å². The summed E-state index contributed by atoms with van der Waals surface area (Å²) in [5.41, 5.74) is 3.31. The zero-order valence-electron chi connectivity index (χ0n) is 18.3. The highest BCUT2D eigenvalue weighted by atomic mass is 16.4. The van der Waals surface area contributed by atoms with Crippen molar-refractivity contribution in [1.82, 2.24) is 15.0 Å². The summed E-state index contributed by atoms with van der Waals surface area (Å²) in [4.78, 5) is 38.7. The summed E-state index contributed by atoms with van der Waals surface area (Å²) >= 11 is 0. The summed E-state index contributed by atoms with van der Waals surface area (Å²) < 4.78 is 0. The third-order valence-corrected chi connectivity index (χ3v) is 5.06. The van der Waals surface area contributed by atoms with E-state index in [2.05, 4.69) is 20.3 Å². The van der Waals surface area contributed by atoms with Crippen molar-refractivity contribution in [3.05, 3.63) is 89.5 Å². The number of carboxylic acids is 1. The van der Waals surface area contributed by atoms with Crippen molar-refractivity contribution in [1.29, 1.82) is 0 Å². The summed E-state index contributed by atoms with van der Waals surface area (Å²) in [6.45, 7) is 0. The van der Waals surface area contributed by atoms with E-state index in [0.29, 0.717) is 35.0 Å². The molecule has 0 atom stereocenters. The van der Waals surface area contributed by atoms with E-state index in [-0.39, 0.29) is 12.3 Å². The van der Waals surface area contributed by atoms with Gasteiger partial charge in [-0.3, -0.25) is 9.59 Å². The predicted molar refractivity (Wildman–Crippen MR) is 127 cm³/mol. The number of carboxylic acid groups (broad SMARTS) is 1. The molecule has 33 heavy (non-hydrogen) atoms. The van der Waals surface area contributed by atoms with Crippen molar-refractivity contribution >= 4 is 34.3 Å². The summed E-state index contributed by atoms with van der Waals surface area (Å²) in [5.74, 6) is -0.0217. The molecular weight excluding hydrogens is 418 g/mol. The third-order valence-electron chi connectivity index (χ3n) is 5.06. The number of benzene rings is 2. The first-order valence-corrected chi connectivity index (χ1v) is 10.4. The summed E-state index contributed by atoms with van der Waals surface area (Å²) in [7, 11) is 3.64. The van der Waals surface area contributed by atoms with Crippen LogP contribution in [-0.2, 0) is 17.6 Å². The predicted octanol–water partition coefficient (Wildman–Crippen LogP) is 3.56. The Labute approximate surface area is 191 Å². The number of nitrogens with zero attached hydrogens (tertiary/aromatic N) is 4. The minimum atomic E-state index is -0.925. The van der Waals surface area contributed by atoms with Crippen molar-refractivity contribution in [2.24, 2.45) is 0 Å². The Bertz CT molecular complexity index is 1320. The van der Waals surface area contributed by atoms with Crippen molar-refractivity contribution in [3.63, 3.8) is 0 Å². The first-order valence-electron chi connectivity index (χ1n) is 10.4. The van der Waals surface area contributed by atoms with Gasteiger partial charge in [0.1, 0.15) is 17.3 Å². The van der Waals surface area contributed by atoms with Crippen LogP contribution in [0.2, 0.25) is 0 Å².